The van der Waals surface area contributed by atoms with Gasteiger partial charge in [-0.1, -0.05) is 0 Å². The van der Waals surface area contributed by atoms with Gasteiger partial charge in [-0.15, -0.1) is 0 Å². The van der Waals surface area contributed by atoms with Gasteiger partial charge in [0.2, 0.25) is 0 Å². The van der Waals surface area contributed by atoms with Crippen LogP contribution in [0, 0.1) is 5.92 Å². The van der Waals surface area contributed by atoms with E-state index in [1.165, 1.54) is 0 Å². The van der Waals surface area contributed by atoms with Gasteiger partial charge in [-0.2, -0.15) is 0 Å². The topological polar surface area (TPSA) is 52.6 Å². The molecule has 1 saturated carbocycles. The van der Waals surface area contributed by atoms with Gasteiger partial charge in [0.15, 0.2) is 0 Å². The molecule has 0 aromatic carbocycles. The smallest absolute Gasteiger partial charge is 0.317 e. The van der Waals surface area contributed by atoms with Crippen molar-refractivity contribution in [1.29, 1.82) is 0 Å². The number of piperidine rings is 1. The molecule has 2 fully saturated rings. The Labute approximate surface area is 77.9 Å². The first-order valence-electron chi connectivity index (χ1n) is 4.91. The maximum Gasteiger partial charge on any atom is 0.317 e. The Bertz CT molecular complexity index is 232. The van der Waals surface area contributed by atoms with Crippen molar-refractivity contribution in [3.05, 3.63) is 0 Å². The lowest BCUT2D eigenvalue weighted by Gasteiger charge is -2.29. The van der Waals surface area contributed by atoms with Crippen molar-refractivity contribution < 1.29 is 9.90 Å². The molecule has 2 aliphatic rings. The third-order valence-corrected chi connectivity index (χ3v) is 3.03. The molecular weight excluding hydrogens is 168 g/mol. The molecule has 0 aromatic heterocycles. The summed E-state index contributed by atoms with van der Waals surface area (Å²) < 4.78 is 0. The molecule has 4 heteroatoms. The Morgan fingerprint density at radius 3 is 3.15 bits per heavy atom. The zero-order chi connectivity index (χ0) is 9.47. The molecule has 2 N–H and O–H groups in total. The van der Waals surface area contributed by atoms with E-state index < -0.39 is 5.60 Å². The molecule has 0 spiro atoms. The van der Waals surface area contributed by atoms with Crippen LogP contribution in [0.1, 0.15) is 19.8 Å². The number of likely N-dealkylation sites (tertiary alicyclic amines) is 1. The minimum absolute atomic E-state index is 0.0405. The van der Waals surface area contributed by atoms with E-state index in [0.29, 0.717) is 19.0 Å². The zero-order valence-corrected chi connectivity index (χ0v) is 7.92. The van der Waals surface area contributed by atoms with Gasteiger partial charge >= 0.3 is 6.03 Å². The van der Waals surface area contributed by atoms with Crippen molar-refractivity contribution in [2.75, 3.05) is 19.6 Å². The molecular formula is C9H16N2O2. The summed E-state index contributed by atoms with van der Waals surface area (Å²) in [5, 5.41) is 12.6. The van der Waals surface area contributed by atoms with Crippen molar-refractivity contribution in [1.82, 2.24) is 10.2 Å². The Morgan fingerprint density at radius 2 is 2.54 bits per heavy atom. The Morgan fingerprint density at radius 1 is 1.77 bits per heavy atom. The highest BCUT2D eigenvalue weighted by Crippen LogP contribution is 2.48. The zero-order valence-electron chi connectivity index (χ0n) is 7.92. The minimum atomic E-state index is -0.538. The second-order valence-corrected chi connectivity index (χ2v) is 4.05. The van der Waals surface area contributed by atoms with Crippen LogP contribution in [-0.4, -0.2) is 41.3 Å². The molecule has 2 amide bonds. The van der Waals surface area contributed by atoms with Gasteiger partial charge in [-0.25, -0.2) is 4.79 Å². The van der Waals surface area contributed by atoms with Crippen LogP contribution in [0.3, 0.4) is 0 Å². The molecule has 2 rings (SSSR count). The fourth-order valence-electron chi connectivity index (χ4n) is 2.09. The molecule has 2 atom stereocenters. The number of amides is 2. The van der Waals surface area contributed by atoms with Crippen LogP contribution < -0.4 is 5.32 Å². The van der Waals surface area contributed by atoms with E-state index in [1.54, 1.807) is 4.90 Å². The number of aliphatic hydroxyl groups is 1. The van der Waals surface area contributed by atoms with E-state index in [2.05, 4.69) is 5.32 Å². The summed E-state index contributed by atoms with van der Waals surface area (Å²) in [5.74, 6) is 0.457. The number of carbonyl (C=O) groups is 1. The number of urea groups is 1. The van der Waals surface area contributed by atoms with Gasteiger partial charge < -0.3 is 15.3 Å². The van der Waals surface area contributed by atoms with Gasteiger partial charge in [0.1, 0.15) is 0 Å². The number of rotatable bonds is 1. The Balaban J connectivity index is 1.90. The summed E-state index contributed by atoms with van der Waals surface area (Å²) >= 11 is 0. The average Bonchev–Trinajstić information content (AvgIpc) is 2.75. The number of fused-ring (bicyclic) bond motifs is 1. The van der Waals surface area contributed by atoms with Crippen LogP contribution in [0.25, 0.3) is 0 Å². The summed E-state index contributed by atoms with van der Waals surface area (Å²) in [7, 11) is 0. The lowest BCUT2D eigenvalue weighted by atomic mass is 10.1. The number of nitrogens with zero attached hydrogens (tertiary/aromatic N) is 1. The average molecular weight is 184 g/mol. The standard InChI is InChI=1S/C9H16N2O2/c1-2-10-8(12)11-4-3-7-5-9(7,13)6-11/h7,13H,2-6H2,1H3,(H,10,12)/t7-,9+/m1/s1. The number of hydrogen-bond acceptors (Lipinski definition) is 2. The van der Waals surface area contributed by atoms with E-state index >= 15 is 0 Å². The second-order valence-electron chi connectivity index (χ2n) is 4.05. The third kappa shape index (κ3) is 1.50. The van der Waals surface area contributed by atoms with Crippen LogP contribution >= 0.6 is 0 Å². The first kappa shape index (κ1) is 8.81. The van der Waals surface area contributed by atoms with Gasteiger partial charge in [-0.05, 0) is 25.7 Å². The van der Waals surface area contributed by atoms with Crippen molar-refractivity contribution in [3.63, 3.8) is 0 Å². The Hall–Kier alpha value is -0.770. The van der Waals surface area contributed by atoms with E-state index in [0.717, 1.165) is 19.4 Å². The van der Waals surface area contributed by atoms with E-state index in [4.69, 9.17) is 0 Å². The number of hydrogen-bond donors (Lipinski definition) is 2. The van der Waals surface area contributed by atoms with Crippen LogP contribution in [0.2, 0.25) is 0 Å². The largest absolute Gasteiger partial charge is 0.388 e. The van der Waals surface area contributed by atoms with Crippen LogP contribution in [0.15, 0.2) is 0 Å². The normalized spacial score (nSPS) is 36.8. The van der Waals surface area contributed by atoms with Gasteiger partial charge in [0.25, 0.3) is 0 Å². The molecule has 1 saturated heterocycles. The van der Waals surface area contributed by atoms with Gasteiger partial charge in [0.05, 0.1) is 12.1 Å². The summed E-state index contributed by atoms with van der Waals surface area (Å²) in [6.45, 7) is 3.86. The summed E-state index contributed by atoms with van der Waals surface area (Å²) in [6.07, 6.45) is 1.83. The molecule has 0 aromatic rings. The maximum atomic E-state index is 11.4. The SMILES string of the molecule is CCNC(=O)N1CC[C@@H]2C[C@]2(O)C1. The van der Waals surface area contributed by atoms with E-state index in [1.807, 2.05) is 6.92 Å². The lowest BCUT2D eigenvalue weighted by Crippen LogP contribution is -2.48. The van der Waals surface area contributed by atoms with Crippen LogP contribution in [0.4, 0.5) is 4.79 Å². The van der Waals surface area contributed by atoms with Crippen molar-refractivity contribution in [2.24, 2.45) is 5.92 Å². The maximum absolute atomic E-state index is 11.4. The van der Waals surface area contributed by atoms with Crippen LogP contribution in [-0.2, 0) is 0 Å². The van der Waals surface area contributed by atoms with Crippen molar-refractivity contribution in [3.8, 4) is 0 Å². The molecule has 74 valence electrons. The fourth-order valence-corrected chi connectivity index (χ4v) is 2.09. The number of nitrogens with one attached hydrogen (secondary N) is 1. The molecule has 0 radical (unpaired) electrons. The molecule has 1 heterocycles. The molecule has 1 aliphatic heterocycles. The van der Waals surface area contributed by atoms with Gasteiger partial charge in [-0.3, -0.25) is 0 Å². The summed E-state index contributed by atoms with van der Waals surface area (Å²) in [5.41, 5.74) is -0.538. The fraction of sp³-hybridized carbons (Fsp3) is 0.889. The first-order chi connectivity index (χ1) is 6.15. The van der Waals surface area contributed by atoms with E-state index in [-0.39, 0.29) is 6.03 Å². The molecule has 0 unspecified atom stereocenters. The monoisotopic (exact) mass is 184 g/mol. The highest BCUT2D eigenvalue weighted by Gasteiger charge is 2.56. The summed E-state index contributed by atoms with van der Waals surface area (Å²) in [6, 6.07) is -0.0405. The second kappa shape index (κ2) is 2.87. The first-order valence-corrected chi connectivity index (χ1v) is 4.91. The highest BCUT2D eigenvalue weighted by molar-refractivity contribution is 5.74. The molecule has 0 bridgehead atoms. The third-order valence-electron chi connectivity index (χ3n) is 3.03. The number of β-amino-alcohol motifs (C(OH)–C–C–N with tert-alkyl or cyclic N) is 1. The lowest BCUT2D eigenvalue weighted by molar-refractivity contribution is 0.0641. The van der Waals surface area contributed by atoms with Crippen molar-refractivity contribution >= 4 is 6.03 Å². The predicted molar refractivity (Wildman–Crippen MR) is 48.3 cm³/mol. The van der Waals surface area contributed by atoms with Gasteiger partial charge in [0, 0.05) is 13.1 Å². The minimum Gasteiger partial charge on any atom is -0.388 e. The highest BCUT2D eigenvalue weighted by atomic mass is 16.3. The Kier molecular flexibility index (Phi) is 1.95. The molecule has 1 aliphatic carbocycles. The number of carbonyl (C=O) groups excluding carboxylic acids is 1. The summed E-state index contributed by atoms with van der Waals surface area (Å²) in [4.78, 5) is 13.1. The molecule has 13 heavy (non-hydrogen) atoms. The van der Waals surface area contributed by atoms with E-state index in [9.17, 15) is 9.90 Å². The molecule has 4 nitrogen and oxygen atoms in total. The van der Waals surface area contributed by atoms with Crippen LogP contribution in [0.5, 0.6) is 0 Å². The predicted octanol–water partition coefficient (Wildman–Crippen LogP) is 0.173. The quantitative estimate of drug-likeness (QED) is 0.610. The van der Waals surface area contributed by atoms with Crippen molar-refractivity contribution in [2.45, 2.75) is 25.4 Å².